The Morgan fingerprint density at radius 2 is 1.61 bits per heavy atom. The molecule has 0 saturated carbocycles. The first kappa shape index (κ1) is 26.5. The van der Waals surface area contributed by atoms with Gasteiger partial charge in [-0.25, -0.2) is 0 Å². The molecule has 2 aromatic carbocycles. The molecule has 4 rings (SSSR count). The van der Waals surface area contributed by atoms with E-state index in [0.29, 0.717) is 12.2 Å². The van der Waals surface area contributed by atoms with E-state index in [9.17, 15) is 30.6 Å². The highest BCUT2D eigenvalue weighted by Gasteiger charge is 2.44. The number of aliphatic hydroxyl groups excluding tert-OH is 4. The normalized spacial score (nSPS) is 32.1. The summed E-state index contributed by atoms with van der Waals surface area (Å²) in [5.41, 5.74) is 2.45. The van der Waals surface area contributed by atoms with Gasteiger partial charge in [0, 0.05) is 12.5 Å². The van der Waals surface area contributed by atoms with E-state index in [2.05, 4.69) is 0 Å². The molecular formula is C26H34O10. The smallest absolute Gasteiger partial charge is 0.186 e. The molecule has 10 nitrogen and oxygen atoms in total. The molecule has 0 radical (unpaired) electrons. The van der Waals surface area contributed by atoms with Gasteiger partial charge < -0.3 is 49.6 Å². The number of hydrogen-bond donors (Lipinski definition) is 6. The standard InChI is InChI=1S/C26H34O10/c1-12-23(30)24(31)25(32)26(36-12)35-11-17-15(10-27)6-14-8-21(34-3)19(29)9-16(14)22(17)13-4-5-18(28)20(7-13)33-2/h4-5,7-9,12,15,17,22-32H,6,10-11H2,1-3H3/t12-,15+,17-,22+,23-,24+,25+,26+/m0/s1. The second-order valence-corrected chi connectivity index (χ2v) is 9.46. The molecule has 198 valence electrons. The van der Waals surface area contributed by atoms with E-state index in [4.69, 9.17) is 18.9 Å². The lowest BCUT2D eigenvalue weighted by molar-refractivity contribution is -0.296. The first-order valence-electron chi connectivity index (χ1n) is 11.9. The van der Waals surface area contributed by atoms with Gasteiger partial charge in [0.2, 0.25) is 0 Å². The van der Waals surface area contributed by atoms with E-state index >= 15 is 0 Å². The molecule has 0 spiro atoms. The van der Waals surface area contributed by atoms with Crippen LogP contribution >= 0.6 is 0 Å². The molecular weight excluding hydrogens is 472 g/mol. The van der Waals surface area contributed by atoms with Crippen molar-refractivity contribution in [3.05, 3.63) is 47.0 Å². The van der Waals surface area contributed by atoms with Crippen molar-refractivity contribution in [3.8, 4) is 23.0 Å². The lowest BCUT2D eigenvalue weighted by atomic mass is 9.67. The Kier molecular flexibility index (Phi) is 7.93. The van der Waals surface area contributed by atoms with E-state index in [1.54, 1.807) is 31.2 Å². The molecule has 1 heterocycles. The number of phenols is 2. The molecule has 0 bridgehead atoms. The number of hydrogen-bond acceptors (Lipinski definition) is 10. The van der Waals surface area contributed by atoms with Crippen LogP contribution in [0.15, 0.2) is 30.3 Å². The molecule has 0 amide bonds. The van der Waals surface area contributed by atoms with Crippen molar-refractivity contribution >= 4 is 0 Å². The minimum atomic E-state index is -1.46. The fourth-order valence-corrected chi connectivity index (χ4v) is 5.30. The first-order chi connectivity index (χ1) is 17.2. The highest BCUT2D eigenvalue weighted by molar-refractivity contribution is 5.53. The van der Waals surface area contributed by atoms with Crippen LogP contribution in [0.4, 0.5) is 0 Å². The van der Waals surface area contributed by atoms with Gasteiger partial charge in [0.05, 0.1) is 26.9 Å². The maximum Gasteiger partial charge on any atom is 0.186 e. The van der Waals surface area contributed by atoms with E-state index in [1.807, 2.05) is 0 Å². The van der Waals surface area contributed by atoms with Crippen molar-refractivity contribution < 1.29 is 49.6 Å². The molecule has 2 aliphatic rings. The predicted octanol–water partition coefficient (Wildman–Crippen LogP) is 0.872. The van der Waals surface area contributed by atoms with E-state index < -0.39 is 36.6 Å². The summed E-state index contributed by atoms with van der Waals surface area (Å²) in [4.78, 5) is 0. The van der Waals surface area contributed by atoms with Gasteiger partial charge in [0.1, 0.15) is 18.3 Å². The fraction of sp³-hybridized carbons (Fsp3) is 0.538. The quantitative estimate of drug-likeness (QED) is 0.318. The van der Waals surface area contributed by atoms with Crippen molar-refractivity contribution in [3.63, 3.8) is 0 Å². The van der Waals surface area contributed by atoms with Crippen molar-refractivity contribution in [1.82, 2.24) is 0 Å². The zero-order chi connectivity index (χ0) is 26.1. The summed E-state index contributed by atoms with van der Waals surface area (Å²) in [7, 11) is 2.92. The lowest BCUT2D eigenvalue weighted by Gasteiger charge is -2.42. The third kappa shape index (κ3) is 4.84. The van der Waals surface area contributed by atoms with Gasteiger partial charge in [0.15, 0.2) is 29.3 Å². The van der Waals surface area contributed by atoms with Crippen molar-refractivity contribution in [2.75, 3.05) is 27.4 Å². The summed E-state index contributed by atoms with van der Waals surface area (Å²) in [5.74, 6) is -0.486. The van der Waals surface area contributed by atoms with Gasteiger partial charge in [0.25, 0.3) is 0 Å². The van der Waals surface area contributed by atoms with Crippen LogP contribution in [-0.2, 0) is 15.9 Å². The molecule has 2 aromatic rings. The van der Waals surface area contributed by atoms with Gasteiger partial charge >= 0.3 is 0 Å². The Hall–Kier alpha value is -2.60. The first-order valence-corrected chi connectivity index (χ1v) is 11.9. The Morgan fingerprint density at radius 3 is 2.28 bits per heavy atom. The minimum absolute atomic E-state index is 0.0263. The molecule has 0 unspecified atom stereocenters. The molecule has 1 saturated heterocycles. The zero-order valence-corrected chi connectivity index (χ0v) is 20.4. The lowest BCUT2D eigenvalue weighted by Crippen LogP contribution is -2.57. The van der Waals surface area contributed by atoms with Gasteiger partial charge in [-0.15, -0.1) is 0 Å². The minimum Gasteiger partial charge on any atom is -0.504 e. The Bertz CT molecular complexity index is 1060. The third-order valence-corrected chi connectivity index (χ3v) is 7.35. The van der Waals surface area contributed by atoms with Crippen molar-refractivity contribution in [2.24, 2.45) is 11.8 Å². The molecule has 36 heavy (non-hydrogen) atoms. The average Bonchev–Trinajstić information content (AvgIpc) is 2.88. The third-order valence-electron chi connectivity index (χ3n) is 7.35. The van der Waals surface area contributed by atoms with E-state index in [0.717, 1.165) is 16.7 Å². The summed E-state index contributed by atoms with van der Waals surface area (Å²) in [6.45, 7) is 1.45. The monoisotopic (exact) mass is 506 g/mol. The molecule has 1 aliphatic heterocycles. The van der Waals surface area contributed by atoms with Crippen LogP contribution < -0.4 is 9.47 Å². The highest BCUT2D eigenvalue weighted by atomic mass is 16.7. The number of ether oxygens (including phenoxy) is 4. The Balaban J connectivity index is 1.73. The van der Waals surface area contributed by atoms with Crippen molar-refractivity contribution in [1.29, 1.82) is 0 Å². The largest absolute Gasteiger partial charge is 0.504 e. The summed E-state index contributed by atoms with van der Waals surface area (Å²) < 4.78 is 22.2. The van der Waals surface area contributed by atoms with Crippen LogP contribution in [0.5, 0.6) is 23.0 Å². The van der Waals surface area contributed by atoms with Gasteiger partial charge in [-0.2, -0.15) is 0 Å². The van der Waals surface area contributed by atoms with Gasteiger partial charge in [-0.1, -0.05) is 6.07 Å². The van der Waals surface area contributed by atoms with Crippen LogP contribution in [0.3, 0.4) is 0 Å². The molecule has 0 aromatic heterocycles. The summed E-state index contributed by atoms with van der Waals surface area (Å²) >= 11 is 0. The molecule has 1 fully saturated rings. The van der Waals surface area contributed by atoms with Crippen LogP contribution in [0.1, 0.15) is 29.5 Å². The maximum atomic E-state index is 10.6. The number of fused-ring (bicyclic) bond motifs is 1. The van der Waals surface area contributed by atoms with Gasteiger partial charge in [-0.3, -0.25) is 0 Å². The maximum absolute atomic E-state index is 10.6. The highest BCUT2D eigenvalue weighted by Crippen LogP contribution is 2.48. The van der Waals surface area contributed by atoms with Crippen LogP contribution in [0.25, 0.3) is 0 Å². The van der Waals surface area contributed by atoms with Gasteiger partial charge in [-0.05, 0) is 66.1 Å². The number of aliphatic hydroxyl groups is 4. The van der Waals surface area contributed by atoms with Crippen LogP contribution in [0.2, 0.25) is 0 Å². The van der Waals surface area contributed by atoms with Crippen LogP contribution in [-0.4, -0.2) is 88.8 Å². The number of aromatic hydroxyl groups is 2. The topological polar surface area (TPSA) is 158 Å². The Morgan fingerprint density at radius 1 is 0.917 bits per heavy atom. The molecule has 1 aliphatic carbocycles. The average molecular weight is 507 g/mol. The zero-order valence-electron chi connectivity index (χ0n) is 20.4. The Labute approximate surface area is 209 Å². The summed E-state index contributed by atoms with van der Waals surface area (Å²) in [5, 5.41) is 61.6. The van der Waals surface area contributed by atoms with Crippen molar-refractivity contribution in [2.45, 2.75) is 50.0 Å². The van der Waals surface area contributed by atoms with E-state index in [-0.39, 0.29) is 42.3 Å². The molecule has 10 heteroatoms. The number of rotatable bonds is 7. The molecule has 8 atom stereocenters. The summed E-state index contributed by atoms with van der Waals surface area (Å²) in [6, 6.07) is 8.35. The SMILES string of the molecule is COc1cc([C@@H]2c3cc(O)c(OC)cc3C[C@H](CO)[C@@H]2CO[C@@H]2O[C@@H](C)[C@H](O)[C@@H](O)[C@H]2O)ccc1O. The molecule has 6 N–H and O–H groups in total. The second kappa shape index (κ2) is 10.8. The summed E-state index contributed by atoms with van der Waals surface area (Å²) in [6.07, 6.45) is -5.59. The number of phenolic OH excluding ortho intramolecular Hbond substituents is 2. The van der Waals surface area contributed by atoms with Crippen LogP contribution in [0, 0.1) is 11.8 Å². The number of benzene rings is 2. The second-order valence-electron chi connectivity index (χ2n) is 9.46. The number of methoxy groups -OCH3 is 2. The fourth-order valence-electron chi connectivity index (χ4n) is 5.30. The predicted molar refractivity (Wildman–Crippen MR) is 127 cm³/mol. The van der Waals surface area contributed by atoms with E-state index in [1.165, 1.54) is 20.3 Å².